The maximum Gasteiger partial charge on any atom is 0.258 e. The number of Topliss-reactive ketones (excluding diaryl/α,β-unsaturated/α-hetero) is 1. The molecule has 0 saturated heterocycles. The third-order valence-corrected chi connectivity index (χ3v) is 6.00. The van der Waals surface area contributed by atoms with E-state index < -0.39 is 0 Å². The number of hydrogen-bond donors (Lipinski definition) is 4. The average molecular weight is 460 g/mol. The summed E-state index contributed by atoms with van der Waals surface area (Å²) in [6, 6.07) is 12.3. The number of anilines is 2. The maximum absolute atomic E-state index is 12.8. The topological polar surface area (TPSA) is 148 Å². The van der Waals surface area contributed by atoms with E-state index in [1.165, 1.54) is 6.92 Å². The number of amides is 1. The molecule has 0 radical (unpaired) electrons. The highest BCUT2D eigenvalue weighted by atomic mass is 16.1. The highest BCUT2D eigenvalue weighted by molar-refractivity contribution is 6.05. The summed E-state index contributed by atoms with van der Waals surface area (Å²) in [6.07, 6.45) is 3.92. The van der Waals surface area contributed by atoms with Crippen molar-refractivity contribution >= 4 is 40.3 Å². The zero-order valence-corrected chi connectivity index (χ0v) is 19.3. The minimum Gasteiger partial charge on any atom is -0.370 e. The molecule has 0 aliphatic heterocycles. The first-order valence-corrected chi connectivity index (χ1v) is 11.4. The summed E-state index contributed by atoms with van der Waals surface area (Å²) in [6.45, 7) is 3.49. The van der Waals surface area contributed by atoms with Crippen molar-refractivity contribution in [1.82, 2.24) is 9.97 Å². The molecule has 34 heavy (non-hydrogen) atoms. The van der Waals surface area contributed by atoms with Gasteiger partial charge in [0.05, 0.1) is 17.6 Å². The van der Waals surface area contributed by atoms with E-state index >= 15 is 0 Å². The van der Waals surface area contributed by atoms with E-state index in [9.17, 15) is 9.59 Å². The SMILES string of the molecule is CC(=O)c1ccc(C(=O)Nc2nc(NC3CCCCC3N=C(N)N)c3cc(C)ccc3n2)cc1. The molecular weight excluding hydrogens is 430 g/mol. The van der Waals surface area contributed by atoms with Crippen LogP contribution in [0.4, 0.5) is 11.8 Å². The van der Waals surface area contributed by atoms with Gasteiger partial charge in [0.15, 0.2) is 11.7 Å². The highest BCUT2D eigenvalue weighted by Gasteiger charge is 2.26. The Morgan fingerprint density at radius 2 is 1.71 bits per heavy atom. The van der Waals surface area contributed by atoms with Crippen LogP contribution in [0.15, 0.2) is 47.5 Å². The third-order valence-electron chi connectivity index (χ3n) is 6.00. The number of fused-ring (bicyclic) bond motifs is 1. The zero-order chi connectivity index (χ0) is 24.2. The average Bonchev–Trinajstić information content (AvgIpc) is 2.80. The van der Waals surface area contributed by atoms with E-state index in [2.05, 4.69) is 25.6 Å². The summed E-state index contributed by atoms with van der Waals surface area (Å²) in [4.78, 5) is 37.9. The number of aryl methyl sites for hydroxylation is 1. The molecule has 6 N–H and O–H groups in total. The molecule has 1 heterocycles. The van der Waals surface area contributed by atoms with Crippen LogP contribution in [0.5, 0.6) is 0 Å². The number of rotatable bonds is 6. The van der Waals surface area contributed by atoms with Gasteiger partial charge in [0.2, 0.25) is 5.95 Å². The molecule has 1 aliphatic rings. The standard InChI is InChI=1S/C25H29N7O2/c1-14-7-12-19-18(13-14)22(28-20-5-3-4-6-21(20)29-24(26)27)31-25(30-19)32-23(34)17-10-8-16(9-11-17)15(2)33/h7-13,20-21H,3-6H2,1-2H3,(H4,26,27,29)(H2,28,30,31,32,34). The molecule has 2 atom stereocenters. The number of nitrogens with two attached hydrogens (primary N) is 2. The fourth-order valence-electron chi connectivity index (χ4n) is 4.24. The van der Waals surface area contributed by atoms with Crippen LogP contribution in [0.25, 0.3) is 10.9 Å². The number of carbonyl (C=O) groups excluding carboxylic acids is 2. The van der Waals surface area contributed by atoms with Gasteiger partial charge in [-0.05, 0) is 51.0 Å². The van der Waals surface area contributed by atoms with Crippen LogP contribution in [0.1, 0.15) is 58.9 Å². The fraction of sp³-hybridized carbons (Fsp3) is 0.320. The summed E-state index contributed by atoms with van der Waals surface area (Å²) in [5.41, 5.74) is 14.1. The van der Waals surface area contributed by atoms with Crippen molar-refractivity contribution in [3.05, 3.63) is 59.2 Å². The monoisotopic (exact) mass is 459 g/mol. The number of benzene rings is 2. The fourth-order valence-corrected chi connectivity index (χ4v) is 4.24. The molecule has 0 bridgehead atoms. The van der Waals surface area contributed by atoms with Crippen LogP contribution >= 0.6 is 0 Å². The van der Waals surface area contributed by atoms with Gasteiger partial charge < -0.3 is 16.8 Å². The van der Waals surface area contributed by atoms with Crippen LogP contribution in [-0.2, 0) is 0 Å². The quantitative estimate of drug-likeness (QED) is 0.251. The molecule has 3 aromatic rings. The van der Waals surface area contributed by atoms with Gasteiger partial charge in [0.1, 0.15) is 5.82 Å². The van der Waals surface area contributed by atoms with E-state index in [0.717, 1.165) is 36.6 Å². The molecule has 1 saturated carbocycles. The van der Waals surface area contributed by atoms with E-state index in [-0.39, 0.29) is 35.7 Å². The Kier molecular flexibility index (Phi) is 6.72. The molecule has 2 unspecified atom stereocenters. The van der Waals surface area contributed by atoms with Crippen molar-refractivity contribution in [3.8, 4) is 0 Å². The molecule has 4 rings (SSSR count). The molecule has 0 spiro atoms. The first-order chi connectivity index (χ1) is 16.3. The molecular formula is C25H29N7O2. The van der Waals surface area contributed by atoms with Gasteiger partial charge in [0.25, 0.3) is 5.91 Å². The van der Waals surface area contributed by atoms with Crippen LogP contribution in [0.3, 0.4) is 0 Å². The second kappa shape index (κ2) is 9.86. The maximum atomic E-state index is 12.8. The van der Waals surface area contributed by atoms with Crippen molar-refractivity contribution in [2.45, 2.75) is 51.6 Å². The number of carbonyl (C=O) groups is 2. The third kappa shape index (κ3) is 5.31. The zero-order valence-electron chi connectivity index (χ0n) is 19.3. The van der Waals surface area contributed by atoms with Crippen LogP contribution in [0, 0.1) is 6.92 Å². The first kappa shape index (κ1) is 23.2. The molecule has 1 amide bonds. The Labute approximate surface area is 198 Å². The molecule has 2 aromatic carbocycles. The van der Waals surface area contributed by atoms with Gasteiger partial charge >= 0.3 is 0 Å². The lowest BCUT2D eigenvalue weighted by Crippen LogP contribution is -2.38. The number of aliphatic imine (C=N–C) groups is 1. The van der Waals surface area contributed by atoms with Gasteiger partial charge in [-0.25, -0.2) is 9.98 Å². The van der Waals surface area contributed by atoms with Crippen LogP contribution in [-0.4, -0.2) is 39.7 Å². The van der Waals surface area contributed by atoms with E-state index in [1.54, 1.807) is 24.3 Å². The van der Waals surface area contributed by atoms with E-state index in [4.69, 9.17) is 11.5 Å². The predicted molar refractivity (Wildman–Crippen MR) is 134 cm³/mol. The Morgan fingerprint density at radius 3 is 2.41 bits per heavy atom. The molecule has 9 heteroatoms. The van der Waals surface area contributed by atoms with Crippen molar-refractivity contribution in [3.63, 3.8) is 0 Å². The number of hydrogen-bond acceptors (Lipinski definition) is 6. The summed E-state index contributed by atoms with van der Waals surface area (Å²) < 4.78 is 0. The second-order valence-corrected chi connectivity index (χ2v) is 8.66. The number of aromatic nitrogens is 2. The highest BCUT2D eigenvalue weighted by Crippen LogP contribution is 2.29. The lowest BCUT2D eigenvalue weighted by atomic mass is 9.90. The Hall–Kier alpha value is -4.01. The van der Waals surface area contributed by atoms with Crippen molar-refractivity contribution in [1.29, 1.82) is 0 Å². The molecule has 176 valence electrons. The lowest BCUT2D eigenvalue weighted by Gasteiger charge is -2.30. The minimum absolute atomic E-state index is 0.0112. The summed E-state index contributed by atoms with van der Waals surface area (Å²) >= 11 is 0. The molecule has 9 nitrogen and oxygen atoms in total. The molecule has 1 aromatic heterocycles. The minimum atomic E-state index is -0.358. The van der Waals surface area contributed by atoms with Crippen LogP contribution < -0.4 is 22.1 Å². The van der Waals surface area contributed by atoms with Gasteiger partial charge in [0, 0.05) is 16.5 Å². The predicted octanol–water partition coefficient (Wildman–Crippen LogP) is 3.39. The first-order valence-electron chi connectivity index (χ1n) is 11.4. The second-order valence-electron chi connectivity index (χ2n) is 8.66. The number of ketones is 1. The summed E-state index contributed by atoms with van der Waals surface area (Å²) in [5.74, 6) is 0.472. The summed E-state index contributed by atoms with van der Waals surface area (Å²) in [5, 5.41) is 7.16. The largest absolute Gasteiger partial charge is 0.370 e. The number of nitrogens with one attached hydrogen (secondary N) is 2. The smallest absolute Gasteiger partial charge is 0.258 e. The number of nitrogens with zero attached hydrogens (tertiary/aromatic N) is 3. The molecule has 1 fully saturated rings. The van der Waals surface area contributed by atoms with Gasteiger partial charge in [-0.15, -0.1) is 0 Å². The Balaban J connectivity index is 1.65. The van der Waals surface area contributed by atoms with E-state index in [0.29, 0.717) is 22.5 Å². The normalized spacial score (nSPS) is 17.7. The van der Waals surface area contributed by atoms with Gasteiger partial charge in [-0.2, -0.15) is 4.98 Å². The number of guanidine groups is 1. The Bertz CT molecular complexity index is 1250. The summed E-state index contributed by atoms with van der Waals surface area (Å²) in [7, 11) is 0. The van der Waals surface area contributed by atoms with E-state index in [1.807, 2.05) is 25.1 Å². The van der Waals surface area contributed by atoms with Crippen molar-refractivity contribution < 1.29 is 9.59 Å². The lowest BCUT2D eigenvalue weighted by molar-refractivity contribution is 0.100. The van der Waals surface area contributed by atoms with Crippen molar-refractivity contribution in [2.24, 2.45) is 16.5 Å². The van der Waals surface area contributed by atoms with Crippen LogP contribution in [0.2, 0.25) is 0 Å². The van der Waals surface area contributed by atoms with Crippen molar-refractivity contribution in [2.75, 3.05) is 10.6 Å². The molecule has 1 aliphatic carbocycles. The Morgan fingerprint density at radius 1 is 1.00 bits per heavy atom. The van der Waals surface area contributed by atoms with Gasteiger partial charge in [-0.1, -0.05) is 36.6 Å². The van der Waals surface area contributed by atoms with Gasteiger partial charge in [-0.3, -0.25) is 14.9 Å².